The van der Waals surface area contributed by atoms with Crippen LogP contribution in [-0.4, -0.2) is 40.8 Å². The molecule has 1 unspecified atom stereocenters. The number of amides is 2. The first-order chi connectivity index (χ1) is 9.71. The molecule has 0 aliphatic rings. The number of hydrogen-bond donors (Lipinski definition) is 3. The Bertz CT molecular complexity index is 472. The normalized spacial score (nSPS) is 12.8. The molecule has 5 nitrogen and oxygen atoms in total. The molecule has 1 atom stereocenters. The van der Waals surface area contributed by atoms with Crippen molar-refractivity contribution < 1.29 is 15.0 Å². The van der Waals surface area contributed by atoms with Crippen molar-refractivity contribution in [2.75, 3.05) is 13.6 Å². The number of phenols is 1. The van der Waals surface area contributed by atoms with E-state index in [1.807, 2.05) is 19.9 Å². The lowest BCUT2D eigenvalue weighted by molar-refractivity contribution is 0.127. The van der Waals surface area contributed by atoms with Gasteiger partial charge < -0.3 is 20.4 Å². The Morgan fingerprint density at radius 3 is 2.57 bits per heavy atom. The number of carbonyl (C=O) groups is 1. The predicted molar refractivity (Wildman–Crippen MR) is 83.1 cm³/mol. The van der Waals surface area contributed by atoms with Crippen molar-refractivity contribution in [2.45, 2.75) is 39.8 Å². The van der Waals surface area contributed by atoms with Gasteiger partial charge in [0, 0.05) is 19.2 Å². The van der Waals surface area contributed by atoms with Gasteiger partial charge in [-0.15, -0.1) is 0 Å². The molecule has 0 aliphatic carbocycles. The Balaban J connectivity index is 2.50. The van der Waals surface area contributed by atoms with E-state index >= 15 is 0 Å². The number of nitrogens with zero attached hydrogens (tertiary/aromatic N) is 1. The number of rotatable bonds is 6. The van der Waals surface area contributed by atoms with Crippen LogP contribution in [0.3, 0.4) is 0 Å². The summed E-state index contributed by atoms with van der Waals surface area (Å²) in [6.45, 7) is 6.58. The molecule has 3 N–H and O–H groups in total. The first kappa shape index (κ1) is 17.3. The van der Waals surface area contributed by atoms with Crippen LogP contribution in [0, 0.1) is 5.41 Å². The molecule has 0 bridgehead atoms. The van der Waals surface area contributed by atoms with Crippen molar-refractivity contribution in [3.63, 3.8) is 0 Å². The van der Waals surface area contributed by atoms with Crippen LogP contribution >= 0.6 is 0 Å². The second-order valence-electron chi connectivity index (χ2n) is 6.36. The van der Waals surface area contributed by atoms with E-state index in [9.17, 15) is 15.0 Å². The van der Waals surface area contributed by atoms with Crippen LogP contribution in [0.5, 0.6) is 5.75 Å². The lowest BCUT2D eigenvalue weighted by Crippen LogP contribution is -2.42. The topological polar surface area (TPSA) is 72.8 Å². The van der Waals surface area contributed by atoms with Gasteiger partial charge in [-0.05, 0) is 24.8 Å². The molecule has 0 fully saturated rings. The van der Waals surface area contributed by atoms with Crippen molar-refractivity contribution in [2.24, 2.45) is 5.41 Å². The van der Waals surface area contributed by atoms with Gasteiger partial charge >= 0.3 is 6.03 Å². The van der Waals surface area contributed by atoms with Crippen molar-refractivity contribution in [1.82, 2.24) is 10.2 Å². The second-order valence-corrected chi connectivity index (χ2v) is 6.36. The number of phenolic OH excluding ortho intramolecular Hbond substituents is 1. The number of carbonyl (C=O) groups excluding carboxylic acids is 1. The van der Waals surface area contributed by atoms with Crippen molar-refractivity contribution in [3.8, 4) is 5.75 Å². The molecule has 5 heteroatoms. The second kappa shape index (κ2) is 7.31. The highest BCUT2D eigenvalue weighted by Gasteiger charge is 2.22. The van der Waals surface area contributed by atoms with Gasteiger partial charge in [0.25, 0.3) is 0 Å². The van der Waals surface area contributed by atoms with E-state index in [1.54, 1.807) is 32.2 Å². The molecule has 0 aromatic heterocycles. The summed E-state index contributed by atoms with van der Waals surface area (Å²) in [7, 11) is 1.68. The van der Waals surface area contributed by atoms with Gasteiger partial charge in [0.15, 0.2) is 0 Å². The van der Waals surface area contributed by atoms with Crippen molar-refractivity contribution >= 4 is 6.03 Å². The van der Waals surface area contributed by atoms with Gasteiger partial charge in [-0.2, -0.15) is 0 Å². The van der Waals surface area contributed by atoms with E-state index in [0.29, 0.717) is 25.1 Å². The van der Waals surface area contributed by atoms with Crippen LogP contribution in [-0.2, 0) is 6.54 Å². The summed E-state index contributed by atoms with van der Waals surface area (Å²) in [4.78, 5) is 13.6. The van der Waals surface area contributed by atoms with Gasteiger partial charge in [-0.25, -0.2) is 4.79 Å². The third-order valence-corrected chi connectivity index (χ3v) is 3.31. The maximum Gasteiger partial charge on any atom is 0.317 e. The minimum Gasteiger partial charge on any atom is -0.508 e. The number of urea groups is 1. The monoisotopic (exact) mass is 294 g/mol. The Labute approximate surface area is 126 Å². The molecule has 1 aromatic carbocycles. The van der Waals surface area contributed by atoms with E-state index in [0.717, 1.165) is 0 Å². The number of hydrogen-bond acceptors (Lipinski definition) is 3. The highest BCUT2D eigenvalue weighted by molar-refractivity contribution is 5.74. The summed E-state index contributed by atoms with van der Waals surface area (Å²) < 4.78 is 0. The van der Waals surface area contributed by atoms with Crippen LogP contribution in [0.1, 0.15) is 32.8 Å². The molecule has 21 heavy (non-hydrogen) atoms. The lowest BCUT2D eigenvalue weighted by Gasteiger charge is -2.28. The fraction of sp³-hybridized carbons (Fsp3) is 0.562. The van der Waals surface area contributed by atoms with Crippen LogP contribution in [0.25, 0.3) is 0 Å². The summed E-state index contributed by atoms with van der Waals surface area (Å²) in [5.41, 5.74) is 0.540. The summed E-state index contributed by atoms with van der Waals surface area (Å²) in [6.07, 6.45) is 0.229. The highest BCUT2D eigenvalue weighted by Crippen LogP contribution is 2.21. The molecule has 118 valence electrons. The quantitative estimate of drug-likeness (QED) is 0.754. The summed E-state index contributed by atoms with van der Waals surface area (Å²) in [5, 5.41) is 22.0. The standard InChI is InChI=1S/C16H26N2O3/c1-12(19)9-16(2,3)11-17-15(21)18(4)10-13-7-5-6-8-14(13)20/h5-8,12,19-20H,9-11H2,1-4H3,(H,17,21). The van der Waals surface area contributed by atoms with Gasteiger partial charge in [-0.1, -0.05) is 32.0 Å². The zero-order chi connectivity index (χ0) is 16.0. The van der Waals surface area contributed by atoms with E-state index in [2.05, 4.69) is 5.32 Å². The van der Waals surface area contributed by atoms with Gasteiger partial charge in [0.2, 0.25) is 0 Å². The fourth-order valence-corrected chi connectivity index (χ4v) is 2.29. The molecule has 0 radical (unpaired) electrons. The maximum absolute atomic E-state index is 12.1. The van der Waals surface area contributed by atoms with Crippen molar-refractivity contribution in [3.05, 3.63) is 29.8 Å². The summed E-state index contributed by atoms with van der Waals surface area (Å²) >= 11 is 0. The van der Waals surface area contributed by atoms with Gasteiger partial charge in [-0.3, -0.25) is 0 Å². The molecule has 0 saturated carbocycles. The highest BCUT2D eigenvalue weighted by atomic mass is 16.3. The van der Waals surface area contributed by atoms with Crippen LogP contribution in [0.15, 0.2) is 24.3 Å². The zero-order valence-corrected chi connectivity index (χ0v) is 13.3. The minimum atomic E-state index is -0.393. The van der Waals surface area contributed by atoms with E-state index < -0.39 is 6.10 Å². The predicted octanol–water partition coefficient (Wildman–Crippen LogP) is 2.33. The molecule has 2 amide bonds. The number of aromatic hydroxyl groups is 1. The molecule has 1 aromatic rings. The largest absolute Gasteiger partial charge is 0.508 e. The molecule has 0 spiro atoms. The average Bonchev–Trinajstić information content (AvgIpc) is 2.37. The SMILES string of the molecule is CC(O)CC(C)(C)CNC(=O)N(C)Cc1ccccc1O. The Morgan fingerprint density at radius 2 is 2.00 bits per heavy atom. The van der Waals surface area contributed by atoms with Crippen LogP contribution in [0.4, 0.5) is 4.79 Å². The first-order valence-corrected chi connectivity index (χ1v) is 7.15. The molecular weight excluding hydrogens is 268 g/mol. The third-order valence-electron chi connectivity index (χ3n) is 3.31. The van der Waals surface area contributed by atoms with Gasteiger partial charge in [0.05, 0.1) is 12.6 Å². The maximum atomic E-state index is 12.1. The smallest absolute Gasteiger partial charge is 0.317 e. The van der Waals surface area contributed by atoms with Crippen molar-refractivity contribution in [1.29, 1.82) is 0 Å². The van der Waals surface area contributed by atoms with Gasteiger partial charge in [0.1, 0.15) is 5.75 Å². The number of aliphatic hydroxyl groups is 1. The number of aliphatic hydroxyl groups excluding tert-OH is 1. The Hall–Kier alpha value is -1.75. The molecule has 0 heterocycles. The van der Waals surface area contributed by atoms with E-state index in [1.165, 1.54) is 4.90 Å². The molecule has 0 aliphatic heterocycles. The molecule has 1 rings (SSSR count). The summed E-state index contributed by atoms with van der Waals surface area (Å²) in [6, 6.07) is 6.77. The van der Waals surface area contributed by atoms with Crippen LogP contribution in [0.2, 0.25) is 0 Å². The van der Waals surface area contributed by atoms with Crippen LogP contribution < -0.4 is 5.32 Å². The summed E-state index contributed by atoms with van der Waals surface area (Å²) in [5.74, 6) is 0.187. The number of benzene rings is 1. The Morgan fingerprint density at radius 1 is 1.38 bits per heavy atom. The van der Waals surface area contributed by atoms with E-state index in [4.69, 9.17) is 0 Å². The van der Waals surface area contributed by atoms with E-state index in [-0.39, 0.29) is 17.2 Å². The minimum absolute atomic E-state index is 0.167. The average molecular weight is 294 g/mol. The lowest BCUT2D eigenvalue weighted by atomic mass is 9.87. The molecular formula is C16H26N2O3. The number of para-hydroxylation sites is 1. The Kier molecular flexibility index (Phi) is 6.03. The fourth-order valence-electron chi connectivity index (χ4n) is 2.29. The third kappa shape index (κ3) is 6.04. The zero-order valence-electron chi connectivity index (χ0n) is 13.3. The molecule has 0 saturated heterocycles. The first-order valence-electron chi connectivity index (χ1n) is 7.15. The number of nitrogens with one attached hydrogen (secondary N) is 1.